The summed E-state index contributed by atoms with van der Waals surface area (Å²) in [6.45, 7) is 1.59. The molecule has 0 saturated heterocycles. The third-order valence-corrected chi connectivity index (χ3v) is 2.40. The van der Waals surface area contributed by atoms with Crippen LogP contribution in [-0.4, -0.2) is 51.5 Å². The first-order chi connectivity index (χ1) is 10.5. The molecule has 0 bridgehead atoms. The highest BCUT2D eigenvalue weighted by molar-refractivity contribution is 5.88. The van der Waals surface area contributed by atoms with Crippen molar-refractivity contribution in [3.8, 4) is 0 Å². The molecule has 22 heavy (non-hydrogen) atoms. The molecule has 2 aromatic heterocycles. The van der Waals surface area contributed by atoms with E-state index in [1.54, 1.807) is 0 Å². The number of aromatic amines is 1. The Morgan fingerprint density at radius 2 is 1.82 bits per heavy atom. The van der Waals surface area contributed by atoms with Crippen LogP contribution in [0.25, 0.3) is 0 Å². The van der Waals surface area contributed by atoms with Gasteiger partial charge in [-0.2, -0.15) is 0 Å². The fourth-order valence-electron chi connectivity index (χ4n) is 1.44. The summed E-state index contributed by atoms with van der Waals surface area (Å²) in [5.74, 6) is -0.922. The van der Waals surface area contributed by atoms with Crippen molar-refractivity contribution < 1.29 is 23.9 Å². The lowest BCUT2D eigenvalue weighted by Crippen LogP contribution is -2.13. The Labute approximate surface area is 126 Å². The Morgan fingerprint density at radius 1 is 1.14 bits per heavy atom. The topological polar surface area (TPSA) is 116 Å². The molecular weight excluding hydrogens is 292 g/mol. The summed E-state index contributed by atoms with van der Waals surface area (Å²) in [5.41, 5.74) is 0.662. The number of rotatable bonds is 4. The van der Waals surface area contributed by atoms with Gasteiger partial charge in [-0.25, -0.2) is 19.6 Å². The van der Waals surface area contributed by atoms with Gasteiger partial charge < -0.3 is 19.0 Å². The van der Waals surface area contributed by atoms with Crippen LogP contribution < -0.4 is 0 Å². The lowest BCUT2D eigenvalue weighted by molar-refractivity contribution is -0.117. The number of imidazole rings is 2. The number of aromatic nitrogens is 4. The maximum Gasteiger partial charge on any atom is 0.356 e. The van der Waals surface area contributed by atoms with E-state index < -0.39 is 11.9 Å². The van der Waals surface area contributed by atoms with Crippen LogP contribution in [0.3, 0.4) is 0 Å². The molecule has 2 rings (SSSR count). The van der Waals surface area contributed by atoms with Crippen LogP contribution in [0.5, 0.6) is 0 Å². The van der Waals surface area contributed by atoms with Gasteiger partial charge in [0.15, 0.2) is 0 Å². The fourth-order valence-corrected chi connectivity index (χ4v) is 1.44. The van der Waals surface area contributed by atoms with Crippen molar-refractivity contribution in [2.24, 2.45) is 0 Å². The molecule has 0 spiro atoms. The zero-order valence-corrected chi connectivity index (χ0v) is 12.4. The second kappa shape index (κ2) is 8.35. The molecule has 2 aromatic rings. The minimum absolute atomic E-state index is 0.0387. The predicted molar refractivity (Wildman–Crippen MR) is 74.2 cm³/mol. The van der Waals surface area contributed by atoms with Crippen molar-refractivity contribution in [2.45, 2.75) is 13.5 Å². The highest BCUT2D eigenvalue weighted by Gasteiger charge is 2.12. The number of esters is 2. The number of methoxy groups -OCH3 is 2. The summed E-state index contributed by atoms with van der Waals surface area (Å²) in [6.07, 6.45) is 5.63. The Kier molecular flexibility index (Phi) is 6.48. The van der Waals surface area contributed by atoms with E-state index in [1.807, 2.05) is 0 Å². The van der Waals surface area contributed by atoms with Crippen LogP contribution in [0.2, 0.25) is 0 Å². The Hall–Kier alpha value is -2.97. The largest absolute Gasteiger partial charge is 0.464 e. The van der Waals surface area contributed by atoms with Crippen LogP contribution in [0.4, 0.5) is 0 Å². The number of Topliss-reactive ketones (excluding diaryl/α,β-unsaturated/α-hetero) is 1. The van der Waals surface area contributed by atoms with Crippen molar-refractivity contribution in [3.63, 3.8) is 0 Å². The van der Waals surface area contributed by atoms with E-state index in [2.05, 4.69) is 24.4 Å². The van der Waals surface area contributed by atoms with Crippen LogP contribution in [0.1, 0.15) is 27.9 Å². The average Bonchev–Trinajstić information content (AvgIpc) is 3.17. The molecule has 0 amide bonds. The summed E-state index contributed by atoms with van der Waals surface area (Å²) in [4.78, 5) is 42.4. The third-order valence-electron chi connectivity index (χ3n) is 2.40. The van der Waals surface area contributed by atoms with E-state index in [4.69, 9.17) is 0 Å². The van der Waals surface area contributed by atoms with Gasteiger partial charge in [-0.3, -0.25) is 4.79 Å². The van der Waals surface area contributed by atoms with E-state index in [0.717, 1.165) is 0 Å². The maximum atomic E-state index is 11.1. The zero-order chi connectivity index (χ0) is 16.5. The number of carbonyl (C=O) groups excluding carboxylic acids is 3. The molecule has 2 heterocycles. The fraction of sp³-hybridized carbons (Fsp3) is 0.308. The van der Waals surface area contributed by atoms with Crippen molar-refractivity contribution in [1.82, 2.24) is 19.5 Å². The molecule has 0 atom stereocenters. The standard InChI is InChI=1S/C8H10N2O3.C5H6N2O2/c1-6(11)4-10-5-9-3-7(10)8(12)13-2;1-9-5(8)4-2-6-3-7-4/h3,5H,4H2,1-2H3;2-3H,1H3,(H,6,7). The van der Waals surface area contributed by atoms with Gasteiger partial charge in [0.05, 0.1) is 45.8 Å². The van der Waals surface area contributed by atoms with E-state index in [0.29, 0.717) is 5.69 Å². The Bertz CT molecular complexity index is 633. The van der Waals surface area contributed by atoms with Gasteiger partial charge in [0.25, 0.3) is 0 Å². The van der Waals surface area contributed by atoms with Crippen LogP contribution in [0, 0.1) is 0 Å². The van der Waals surface area contributed by atoms with Crippen LogP contribution in [0.15, 0.2) is 25.0 Å². The first-order valence-electron chi connectivity index (χ1n) is 6.14. The van der Waals surface area contributed by atoms with Crippen molar-refractivity contribution in [1.29, 1.82) is 0 Å². The number of ether oxygens (including phenoxy) is 2. The minimum atomic E-state index is -0.487. The number of H-pyrrole nitrogens is 1. The van der Waals surface area contributed by atoms with Gasteiger partial charge in [0.1, 0.15) is 17.2 Å². The van der Waals surface area contributed by atoms with Gasteiger partial charge in [-0.1, -0.05) is 0 Å². The molecule has 9 heteroatoms. The zero-order valence-electron chi connectivity index (χ0n) is 12.4. The highest BCUT2D eigenvalue weighted by atomic mass is 16.5. The summed E-state index contributed by atoms with van der Waals surface area (Å²) in [5, 5.41) is 0. The second-order valence-corrected chi connectivity index (χ2v) is 4.06. The minimum Gasteiger partial charge on any atom is -0.464 e. The second-order valence-electron chi connectivity index (χ2n) is 4.06. The highest BCUT2D eigenvalue weighted by Crippen LogP contribution is 2.01. The molecule has 118 valence electrons. The molecular formula is C13H16N4O5. The van der Waals surface area contributed by atoms with Gasteiger partial charge in [-0.15, -0.1) is 0 Å². The first kappa shape index (κ1) is 17.1. The normalized spacial score (nSPS) is 9.41. The van der Waals surface area contributed by atoms with Gasteiger partial charge in [0, 0.05) is 0 Å². The van der Waals surface area contributed by atoms with Crippen molar-refractivity contribution in [2.75, 3.05) is 14.2 Å². The molecule has 0 aromatic carbocycles. The van der Waals surface area contributed by atoms with Gasteiger partial charge in [0.2, 0.25) is 0 Å². The molecule has 0 saturated carbocycles. The predicted octanol–water partition coefficient (Wildman–Crippen LogP) is 0.455. The van der Waals surface area contributed by atoms with E-state index in [-0.39, 0.29) is 18.0 Å². The summed E-state index contributed by atoms with van der Waals surface area (Å²) >= 11 is 0. The van der Waals surface area contributed by atoms with Gasteiger partial charge >= 0.3 is 11.9 Å². The number of carbonyl (C=O) groups is 3. The molecule has 0 aliphatic rings. The van der Waals surface area contributed by atoms with E-state index in [9.17, 15) is 14.4 Å². The molecule has 0 fully saturated rings. The molecule has 0 aliphatic heterocycles. The number of nitrogens with zero attached hydrogens (tertiary/aromatic N) is 3. The van der Waals surface area contributed by atoms with Gasteiger partial charge in [-0.05, 0) is 6.92 Å². The van der Waals surface area contributed by atoms with Crippen molar-refractivity contribution >= 4 is 17.7 Å². The number of ketones is 1. The van der Waals surface area contributed by atoms with Crippen molar-refractivity contribution in [3.05, 3.63) is 36.4 Å². The monoisotopic (exact) mass is 308 g/mol. The Balaban J connectivity index is 0.000000235. The quantitative estimate of drug-likeness (QED) is 0.815. The SMILES string of the molecule is COC(=O)c1cnc[nH]1.COC(=O)c1cncn1CC(C)=O. The number of hydrogen-bond donors (Lipinski definition) is 1. The third kappa shape index (κ3) is 4.85. The summed E-state index contributed by atoms with van der Waals surface area (Å²) in [6, 6.07) is 0. The average molecular weight is 308 g/mol. The van der Waals surface area contributed by atoms with E-state index in [1.165, 1.54) is 50.8 Å². The van der Waals surface area contributed by atoms with E-state index >= 15 is 0 Å². The van der Waals surface area contributed by atoms with Crippen LogP contribution >= 0.6 is 0 Å². The lowest BCUT2D eigenvalue weighted by Gasteiger charge is -2.02. The maximum absolute atomic E-state index is 11.1. The molecule has 9 nitrogen and oxygen atoms in total. The van der Waals surface area contributed by atoms with Crippen LogP contribution in [-0.2, 0) is 20.8 Å². The Morgan fingerprint density at radius 3 is 2.32 bits per heavy atom. The molecule has 0 radical (unpaired) electrons. The first-order valence-corrected chi connectivity index (χ1v) is 6.14. The number of nitrogens with one attached hydrogen (secondary N) is 1. The summed E-state index contributed by atoms with van der Waals surface area (Å²) in [7, 11) is 2.61. The molecule has 0 unspecified atom stereocenters. The number of hydrogen-bond acceptors (Lipinski definition) is 7. The smallest absolute Gasteiger partial charge is 0.356 e. The lowest BCUT2D eigenvalue weighted by atomic mass is 10.4. The molecule has 0 aliphatic carbocycles. The molecule has 1 N–H and O–H groups in total. The summed E-state index contributed by atoms with van der Waals surface area (Å²) < 4.78 is 10.3.